The molecule has 0 unspecified atom stereocenters. The van der Waals surface area contributed by atoms with E-state index < -0.39 is 41.0 Å². The number of hydrogen-bond acceptors (Lipinski definition) is 3. The van der Waals surface area contributed by atoms with Crippen LogP contribution in [0.15, 0.2) is 42.6 Å². The lowest BCUT2D eigenvalue weighted by Gasteiger charge is -2.24. The van der Waals surface area contributed by atoms with E-state index in [4.69, 9.17) is 0 Å². The second-order valence-corrected chi connectivity index (χ2v) is 6.87. The predicted molar refractivity (Wildman–Crippen MR) is 96.3 cm³/mol. The molecule has 1 N–H and O–H groups in total. The van der Waals surface area contributed by atoms with Gasteiger partial charge in [-0.2, -0.15) is 18.3 Å². The smallest absolute Gasteiger partial charge is 0.344 e. The minimum atomic E-state index is -4.58. The van der Waals surface area contributed by atoms with Crippen LogP contribution in [0.3, 0.4) is 0 Å². The third kappa shape index (κ3) is 3.77. The number of nitrogens with one attached hydrogen (secondary N) is 1. The Morgan fingerprint density at radius 3 is 2.73 bits per heavy atom. The van der Waals surface area contributed by atoms with E-state index in [9.17, 15) is 26.7 Å². The molecule has 0 saturated heterocycles. The topological polar surface area (TPSA) is 59.8 Å². The van der Waals surface area contributed by atoms with E-state index in [-0.39, 0.29) is 5.56 Å². The first kappa shape index (κ1) is 20.0. The summed E-state index contributed by atoms with van der Waals surface area (Å²) in [4.78, 5) is 15.8. The van der Waals surface area contributed by atoms with Gasteiger partial charge < -0.3 is 5.32 Å². The number of amides is 1. The zero-order chi connectivity index (χ0) is 21.5. The van der Waals surface area contributed by atoms with Gasteiger partial charge in [0.05, 0.1) is 23.0 Å². The highest BCUT2D eigenvalue weighted by molar-refractivity contribution is 5.94. The lowest BCUT2D eigenvalue weighted by atomic mass is 10.0. The first-order valence-corrected chi connectivity index (χ1v) is 9.10. The first-order valence-electron chi connectivity index (χ1n) is 9.10. The van der Waals surface area contributed by atoms with Crippen LogP contribution in [0.5, 0.6) is 0 Å². The van der Waals surface area contributed by atoms with Crippen LogP contribution in [-0.2, 0) is 12.7 Å². The lowest BCUT2D eigenvalue weighted by Crippen LogP contribution is -2.33. The molecular formula is C20H15F5N4O. The lowest BCUT2D eigenvalue weighted by molar-refractivity contribution is -0.141. The molecule has 156 valence electrons. The molecule has 10 heteroatoms. The summed E-state index contributed by atoms with van der Waals surface area (Å²) in [5.74, 6) is -3.15. The van der Waals surface area contributed by atoms with Gasteiger partial charge in [-0.15, -0.1) is 0 Å². The number of carbonyl (C=O) groups excluding carboxylic acids is 1. The number of benzene rings is 1. The fourth-order valence-corrected chi connectivity index (χ4v) is 3.43. The standard InChI is InChI=1S/C20H15F5N4O/c21-13-4-1-3-12(18(13)22)19(30)27-14-5-2-8-29-16(14)10-15(28-29)11-6-7-26-17(9-11)20(23,24)25/h1,3-4,6-7,9-10,14H,2,5,8H2,(H,27,30)/t14-/m1/s1. The van der Waals surface area contributed by atoms with E-state index in [1.54, 1.807) is 10.7 Å². The number of aromatic nitrogens is 3. The Labute approximate surface area is 167 Å². The molecule has 0 bridgehead atoms. The van der Waals surface area contributed by atoms with E-state index in [1.807, 2.05) is 0 Å². The van der Waals surface area contributed by atoms with Gasteiger partial charge in [-0.25, -0.2) is 8.78 Å². The van der Waals surface area contributed by atoms with Gasteiger partial charge in [0, 0.05) is 18.3 Å². The minimum Gasteiger partial charge on any atom is -0.344 e. The van der Waals surface area contributed by atoms with Crippen LogP contribution in [-0.4, -0.2) is 20.7 Å². The fourth-order valence-electron chi connectivity index (χ4n) is 3.43. The van der Waals surface area contributed by atoms with Crippen molar-refractivity contribution in [2.24, 2.45) is 0 Å². The Morgan fingerprint density at radius 1 is 1.17 bits per heavy atom. The number of hydrogen-bond donors (Lipinski definition) is 1. The van der Waals surface area contributed by atoms with Crippen molar-refractivity contribution in [3.63, 3.8) is 0 Å². The zero-order valence-electron chi connectivity index (χ0n) is 15.4. The maximum Gasteiger partial charge on any atom is 0.433 e. The molecule has 3 heterocycles. The second-order valence-electron chi connectivity index (χ2n) is 6.87. The van der Waals surface area contributed by atoms with E-state index in [2.05, 4.69) is 15.4 Å². The summed E-state index contributed by atoms with van der Waals surface area (Å²) in [7, 11) is 0. The summed E-state index contributed by atoms with van der Waals surface area (Å²) < 4.78 is 67.8. The zero-order valence-corrected chi connectivity index (χ0v) is 15.4. The maximum atomic E-state index is 13.9. The van der Waals surface area contributed by atoms with Crippen LogP contribution in [0.25, 0.3) is 11.3 Å². The quantitative estimate of drug-likeness (QED) is 0.632. The average Bonchev–Trinajstić information content (AvgIpc) is 3.15. The summed E-state index contributed by atoms with van der Waals surface area (Å²) in [5.41, 5.74) is -0.337. The number of pyridine rings is 1. The first-order chi connectivity index (χ1) is 14.2. The van der Waals surface area contributed by atoms with Gasteiger partial charge in [0.2, 0.25) is 0 Å². The van der Waals surface area contributed by atoms with Crippen LogP contribution in [0.1, 0.15) is 40.6 Å². The van der Waals surface area contributed by atoms with Crippen molar-refractivity contribution < 1.29 is 26.7 Å². The molecule has 0 fully saturated rings. The second kappa shape index (κ2) is 7.51. The van der Waals surface area contributed by atoms with Crippen molar-refractivity contribution in [3.8, 4) is 11.3 Å². The Balaban J connectivity index is 1.62. The van der Waals surface area contributed by atoms with Gasteiger partial charge >= 0.3 is 6.18 Å². The van der Waals surface area contributed by atoms with Crippen molar-refractivity contribution in [1.29, 1.82) is 0 Å². The highest BCUT2D eigenvalue weighted by atomic mass is 19.4. The molecule has 3 aromatic rings. The van der Waals surface area contributed by atoms with Crippen molar-refractivity contribution in [1.82, 2.24) is 20.1 Å². The molecule has 0 radical (unpaired) electrons. The number of rotatable bonds is 3. The minimum absolute atomic E-state index is 0.237. The molecule has 0 spiro atoms. The number of alkyl halides is 3. The molecular weight excluding hydrogens is 407 g/mol. The Bertz CT molecular complexity index is 1110. The maximum absolute atomic E-state index is 13.9. The predicted octanol–water partition coefficient (Wildman–Crippen LogP) is 4.51. The van der Waals surface area contributed by atoms with E-state index in [0.717, 1.165) is 18.3 Å². The molecule has 0 aliphatic carbocycles. The Morgan fingerprint density at radius 2 is 1.97 bits per heavy atom. The van der Waals surface area contributed by atoms with Crippen LogP contribution < -0.4 is 5.32 Å². The molecule has 1 aliphatic heterocycles. The van der Waals surface area contributed by atoms with Gasteiger partial charge in [0.25, 0.3) is 5.91 Å². The summed E-state index contributed by atoms with van der Waals surface area (Å²) in [6.07, 6.45) is -2.35. The highest BCUT2D eigenvalue weighted by Crippen LogP contribution is 2.33. The van der Waals surface area contributed by atoms with Gasteiger partial charge in [0.1, 0.15) is 5.69 Å². The van der Waals surface area contributed by atoms with Crippen LogP contribution in [0.4, 0.5) is 22.0 Å². The molecule has 1 aromatic carbocycles. The largest absolute Gasteiger partial charge is 0.433 e. The van der Waals surface area contributed by atoms with Crippen molar-refractivity contribution in [2.75, 3.05) is 0 Å². The van der Waals surface area contributed by atoms with Crippen molar-refractivity contribution in [3.05, 3.63) is 71.2 Å². The van der Waals surface area contributed by atoms with Gasteiger partial charge in [0.15, 0.2) is 11.6 Å². The van der Waals surface area contributed by atoms with Crippen molar-refractivity contribution >= 4 is 5.91 Å². The Kier molecular flexibility index (Phi) is 5.00. The summed E-state index contributed by atoms with van der Waals surface area (Å²) in [5, 5.41) is 7.00. The summed E-state index contributed by atoms with van der Waals surface area (Å²) >= 11 is 0. The van der Waals surface area contributed by atoms with E-state index >= 15 is 0 Å². The van der Waals surface area contributed by atoms with E-state index in [1.165, 1.54) is 18.2 Å². The molecule has 1 aliphatic rings. The number of carbonyl (C=O) groups is 1. The number of aryl methyl sites for hydroxylation is 1. The van der Waals surface area contributed by atoms with Gasteiger partial charge in [-0.1, -0.05) is 6.07 Å². The van der Waals surface area contributed by atoms with E-state index in [0.29, 0.717) is 30.8 Å². The molecule has 1 amide bonds. The molecule has 1 atom stereocenters. The SMILES string of the molecule is O=C(N[C@@H]1CCCn2nc(-c3ccnc(C(F)(F)F)c3)cc21)c1cccc(F)c1F. The van der Waals surface area contributed by atoms with Crippen LogP contribution in [0, 0.1) is 11.6 Å². The molecule has 0 saturated carbocycles. The molecule has 5 nitrogen and oxygen atoms in total. The summed E-state index contributed by atoms with van der Waals surface area (Å²) in [6.45, 7) is 0.521. The van der Waals surface area contributed by atoms with Gasteiger partial charge in [-0.3, -0.25) is 14.5 Å². The normalized spacial score (nSPS) is 16.2. The summed E-state index contributed by atoms with van der Waals surface area (Å²) in [6, 6.07) is 6.69. The van der Waals surface area contributed by atoms with Crippen molar-refractivity contribution in [2.45, 2.75) is 31.6 Å². The monoisotopic (exact) mass is 422 g/mol. The fraction of sp³-hybridized carbons (Fsp3) is 0.250. The third-order valence-electron chi connectivity index (χ3n) is 4.88. The Hall–Kier alpha value is -3.30. The molecule has 30 heavy (non-hydrogen) atoms. The number of nitrogens with zero attached hydrogens (tertiary/aromatic N) is 3. The highest BCUT2D eigenvalue weighted by Gasteiger charge is 2.33. The van der Waals surface area contributed by atoms with Gasteiger partial charge in [-0.05, 0) is 43.2 Å². The third-order valence-corrected chi connectivity index (χ3v) is 4.88. The van der Waals surface area contributed by atoms with Crippen LogP contribution in [0.2, 0.25) is 0 Å². The average molecular weight is 422 g/mol. The number of fused-ring (bicyclic) bond motifs is 1. The molecule has 4 rings (SSSR count). The van der Waals surface area contributed by atoms with Crippen LogP contribution >= 0.6 is 0 Å². The number of halogens is 5. The molecule has 2 aromatic heterocycles.